The van der Waals surface area contributed by atoms with Gasteiger partial charge in [0.1, 0.15) is 11.6 Å². The maximum Gasteiger partial charge on any atom is 0.128 e. The molecule has 1 heterocycles. The molecule has 0 aliphatic heterocycles. The predicted octanol–water partition coefficient (Wildman–Crippen LogP) is 2.27. The smallest absolute Gasteiger partial charge is 0.128 e. The van der Waals surface area contributed by atoms with Gasteiger partial charge in [-0.25, -0.2) is 4.98 Å². The maximum absolute atomic E-state index is 4.45. The third kappa shape index (κ3) is 4.61. The summed E-state index contributed by atoms with van der Waals surface area (Å²) in [4.78, 5) is 6.85. The van der Waals surface area contributed by atoms with Gasteiger partial charge in [-0.3, -0.25) is 0 Å². The Balaban J connectivity index is 2.52. The molecule has 4 heteroatoms. The van der Waals surface area contributed by atoms with Gasteiger partial charge in [-0.2, -0.15) is 0 Å². The summed E-state index contributed by atoms with van der Waals surface area (Å²) in [6.45, 7) is 9.79. The lowest BCUT2D eigenvalue weighted by atomic mass is 10.3. The van der Waals surface area contributed by atoms with Crippen molar-refractivity contribution in [2.45, 2.75) is 26.8 Å². The average Bonchev–Trinajstić information content (AvgIpc) is 2.36. The highest BCUT2D eigenvalue weighted by Crippen LogP contribution is 2.09. The van der Waals surface area contributed by atoms with Crippen LogP contribution in [0.3, 0.4) is 0 Å². The third-order valence-electron chi connectivity index (χ3n) is 2.83. The van der Waals surface area contributed by atoms with E-state index in [4.69, 9.17) is 0 Å². The molecule has 0 aliphatic carbocycles. The lowest BCUT2D eigenvalue weighted by Gasteiger charge is -2.23. The van der Waals surface area contributed by atoms with Gasteiger partial charge >= 0.3 is 0 Å². The van der Waals surface area contributed by atoms with Crippen LogP contribution in [-0.4, -0.2) is 42.6 Å². The van der Waals surface area contributed by atoms with Crippen molar-refractivity contribution in [1.29, 1.82) is 0 Å². The molecule has 0 radical (unpaired) electrons. The van der Waals surface area contributed by atoms with Crippen LogP contribution in [0.2, 0.25) is 0 Å². The third-order valence-corrected chi connectivity index (χ3v) is 2.83. The highest BCUT2D eigenvalue weighted by atomic mass is 15.2. The van der Waals surface area contributed by atoms with E-state index in [1.807, 2.05) is 25.2 Å². The first-order chi connectivity index (χ1) is 8.19. The van der Waals surface area contributed by atoms with Crippen LogP contribution in [0.25, 0.3) is 0 Å². The van der Waals surface area contributed by atoms with E-state index < -0.39 is 0 Å². The SMILES string of the molecule is CCN(CC)CC(C)Nc1cccc(NC)n1. The van der Waals surface area contributed by atoms with Crippen LogP contribution in [0.15, 0.2) is 18.2 Å². The van der Waals surface area contributed by atoms with Crippen molar-refractivity contribution in [3.63, 3.8) is 0 Å². The number of likely N-dealkylation sites (N-methyl/N-ethyl adjacent to an activating group) is 1. The first-order valence-electron chi connectivity index (χ1n) is 6.33. The molecule has 4 nitrogen and oxygen atoms in total. The Morgan fingerprint density at radius 2 is 1.88 bits per heavy atom. The minimum Gasteiger partial charge on any atom is -0.373 e. The number of aromatic nitrogens is 1. The van der Waals surface area contributed by atoms with Crippen LogP contribution in [-0.2, 0) is 0 Å². The fourth-order valence-electron chi connectivity index (χ4n) is 1.82. The van der Waals surface area contributed by atoms with E-state index in [-0.39, 0.29) is 0 Å². The van der Waals surface area contributed by atoms with E-state index in [2.05, 4.69) is 41.3 Å². The van der Waals surface area contributed by atoms with Gasteiger partial charge in [0, 0.05) is 19.6 Å². The maximum atomic E-state index is 4.45. The van der Waals surface area contributed by atoms with Gasteiger partial charge in [0.2, 0.25) is 0 Å². The van der Waals surface area contributed by atoms with Crippen LogP contribution in [0.1, 0.15) is 20.8 Å². The Hall–Kier alpha value is -1.29. The summed E-state index contributed by atoms with van der Waals surface area (Å²) < 4.78 is 0. The van der Waals surface area contributed by atoms with Gasteiger partial charge in [0.25, 0.3) is 0 Å². The fraction of sp³-hybridized carbons (Fsp3) is 0.615. The Morgan fingerprint density at radius 3 is 2.47 bits per heavy atom. The number of anilines is 2. The Bertz CT molecular complexity index is 323. The van der Waals surface area contributed by atoms with E-state index in [9.17, 15) is 0 Å². The zero-order chi connectivity index (χ0) is 12.7. The topological polar surface area (TPSA) is 40.2 Å². The predicted molar refractivity (Wildman–Crippen MR) is 74.7 cm³/mol. The summed E-state index contributed by atoms with van der Waals surface area (Å²) in [7, 11) is 1.88. The number of nitrogens with zero attached hydrogens (tertiary/aromatic N) is 2. The van der Waals surface area contributed by atoms with Crippen LogP contribution < -0.4 is 10.6 Å². The van der Waals surface area contributed by atoms with Crippen molar-refractivity contribution in [3.05, 3.63) is 18.2 Å². The minimum atomic E-state index is 0.398. The number of nitrogens with one attached hydrogen (secondary N) is 2. The van der Waals surface area contributed by atoms with Gasteiger partial charge in [-0.05, 0) is 32.1 Å². The van der Waals surface area contributed by atoms with E-state index in [0.29, 0.717) is 6.04 Å². The molecule has 1 aromatic heterocycles. The molecule has 96 valence electrons. The highest BCUT2D eigenvalue weighted by Gasteiger charge is 2.07. The standard InChI is InChI=1S/C13H24N4/c1-5-17(6-2)10-11(3)15-13-9-7-8-12(14-4)16-13/h7-9,11H,5-6,10H2,1-4H3,(H2,14,15,16). The second kappa shape index (κ2) is 7.12. The quantitative estimate of drug-likeness (QED) is 0.762. The summed E-state index contributed by atoms with van der Waals surface area (Å²) >= 11 is 0. The number of hydrogen-bond donors (Lipinski definition) is 2. The second-order valence-electron chi connectivity index (χ2n) is 4.19. The highest BCUT2D eigenvalue weighted by molar-refractivity contribution is 5.45. The van der Waals surface area contributed by atoms with Crippen molar-refractivity contribution < 1.29 is 0 Å². The molecule has 17 heavy (non-hydrogen) atoms. The van der Waals surface area contributed by atoms with Gasteiger partial charge in [-0.1, -0.05) is 19.9 Å². The Morgan fingerprint density at radius 1 is 1.24 bits per heavy atom. The molecule has 0 amide bonds. The number of rotatable bonds is 7. The van der Waals surface area contributed by atoms with E-state index in [1.165, 1.54) is 0 Å². The molecule has 0 saturated carbocycles. The van der Waals surface area contributed by atoms with Gasteiger partial charge in [-0.15, -0.1) is 0 Å². The minimum absolute atomic E-state index is 0.398. The molecule has 0 fully saturated rings. The summed E-state index contributed by atoms with van der Waals surface area (Å²) in [6, 6.07) is 6.36. The van der Waals surface area contributed by atoms with Gasteiger partial charge in [0.05, 0.1) is 0 Å². The Labute approximate surface area is 104 Å². The van der Waals surface area contributed by atoms with Gasteiger partial charge in [0.15, 0.2) is 0 Å². The first kappa shape index (κ1) is 13.8. The summed E-state index contributed by atoms with van der Waals surface area (Å²) in [5.41, 5.74) is 0. The van der Waals surface area contributed by atoms with Crippen LogP contribution in [0.4, 0.5) is 11.6 Å². The average molecular weight is 236 g/mol. The van der Waals surface area contributed by atoms with Gasteiger partial charge < -0.3 is 15.5 Å². The molecular formula is C13H24N4. The lowest BCUT2D eigenvalue weighted by molar-refractivity contribution is 0.294. The first-order valence-corrected chi connectivity index (χ1v) is 6.33. The molecule has 1 rings (SSSR count). The Kier molecular flexibility index (Phi) is 5.77. The van der Waals surface area contributed by atoms with Crippen molar-refractivity contribution in [3.8, 4) is 0 Å². The van der Waals surface area contributed by atoms with Crippen LogP contribution in [0.5, 0.6) is 0 Å². The molecule has 1 aromatic rings. The molecule has 0 spiro atoms. The largest absolute Gasteiger partial charge is 0.373 e. The number of pyridine rings is 1. The zero-order valence-corrected chi connectivity index (χ0v) is 11.3. The van der Waals surface area contributed by atoms with Crippen molar-refractivity contribution in [2.75, 3.05) is 37.3 Å². The summed E-state index contributed by atoms with van der Waals surface area (Å²) in [5, 5.41) is 6.47. The normalized spacial score (nSPS) is 12.5. The molecule has 0 aliphatic rings. The van der Waals surface area contributed by atoms with Crippen LogP contribution >= 0.6 is 0 Å². The molecule has 0 bridgehead atoms. The van der Waals surface area contributed by atoms with Crippen LogP contribution in [0, 0.1) is 0 Å². The molecule has 2 N–H and O–H groups in total. The van der Waals surface area contributed by atoms with E-state index >= 15 is 0 Å². The molecular weight excluding hydrogens is 212 g/mol. The second-order valence-corrected chi connectivity index (χ2v) is 4.19. The summed E-state index contributed by atoms with van der Waals surface area (Å²) in [6.07, 6.45) is 0. The van der Waals surface area contributed by atoms with E-state index in [1.54, 1.807) is 0 Å². The monoisotopic (exact) mass is 236 g/mol. The summed E-state index contributed by atoms with van der Waals surface area (Å²) in [5.74, 6) is 1.82. The molecule has 1 unspecified atom stereocenters. The fourth-order valence-corrected chi connectivity index (χ4v) is 1.82. The van der Waals surface area contributed by atoms with Crippen molar-refractivity contribution in [2.24, 2.45) is 0 Å². The lowest BCUT2D eigenvalue weighted by Crippen LogP contribution is -2.34. The molecule has 0 aromatic carbocycles. The number of hydrogen-bond acceptors (Lipinski definition) is 4. The molecule has 0 saturated heterocycles. The van der Waals surface area contributed by atoms with E-state index in [0.717, 1.165) is 31.3 Å². The zero-order valence-electron chi connectivity index (χ0n) is 11.3. The van der Waals surface area contributed by atoms with Crippen molar-refractivity contribution >= 4 is 11.6 Å². The van der Waals surface area contributed by atoms with Crippen molar-refractivity contribution in [1.82, 2.24) is 9.88 Å². The molecule has 1 atom stereocenters.